The Morgan fingerprint density at radius 2 is 1.45 bits per heavy atom. The summed E-state index contributed by atoms with van der Waals surface area (Å²) in [5, 5.41) is 4.24. The number of carbonyl (C=O) groups is 2. The number of alkyl halides is 3. The summed E-state index contributed by atoms with van der Waals surface area (Å²) in [6.07, 6.45) is -5.42. The Kier molecular flexibility index (Phi) is 8.04. The van der Waals surface area contributed by atoms with Crippen molar-refractivity contribution in [2.24, 2.45) is 5.41 Å². The smallest absolute Gasteiger partial charge is 0.326 e. The minimum absolute atomic E-state index is 0.236. The molecule has 0 aliphatic carbocycles. The van der Waals surface area contributed by atoms with Gasteiger partial charge in [0.25, 0.3) is 0 Å². The minimum Gasteiger partial charge on any atom is -0.326 e. The number of thioether (sulfide) groups is 1. The molecule has 0 bridgehead atoms. The Balaban J connectivity index is 2.09. The monoisotopic (exact) mass is 496 g/mol. The van der Waals surface area contributed by atoms with Gasteiger partial charge in [-0.25, -0.2) is 17.6 Å². The first-order valence-electron chi connectivity index (χ1n) is 9.36. The highest BCUT2D eigenvalue weighted by atomic mass is 32.2. The highest BCUT2D eigenvalue weighted by Gasteiger charge is 2.42. The van der Waals surface area contributed by atoms with Crippen molar-refractivity contribution in [3.05, 3.63) is 53.1 Å². The molecule has 2 amide bonds. The molecular weight excluding hydrogens is 477 g/mol. The predicted octanol–water partition coefficient (Wildman–Crippen LogP) is 6.37. The maximum absolute atomic E-state index is 13.9. The Morgan fingerprint density at radius 1 is 0.879 bits per heavy atom. The van der Waals surface area contributed by atoms with E-state index >= 15 is 0 Å². The van der Waals surface area contributed by atoms with Gasteiger partial charge < -0.3 is 10.6 Å². The van der Waals surface area contributed by atoms with Crippen LogP contribution in [0, 0.1) is 28.7 Å². The van der Waals surface area contributed by atoms with E-state index < -0.39 is 52.4 Å². The topological polar surface area (TPSA) is 58.2 Å². The van der Waals surface area contributed by atoms with Gasteiger partial charge in [0.1, 0.15) is 11.3 Å². The van der Waals surface area contributed by atoms with Crippen LogP contribution in [0.2, 0.25) is 0 Å². The number of hydrogen-bond donors (Lipinski definition) is 2. The summed E-state index contributed by atoms with van der Waals surface area (Å²) < 4.78 is 93.0. The van der Waals surface area contributed by atoms with E-state index in [4.69, 9.17) is 0 Å². The van der Waals surface area contributed by atoms with Crippen LogP contribution >= 0.6 is 11.8 Å². The van der Waals surface area contributed by atoms with Crippen molar-refractivity contribution in [1.29, 1.82) is 0 Å². The number of amides is 2. The molecule has 0 aromatic heterocycles. The number of halogens is 7. The van der Waals surface area contributed by atoms with Crippen LogP contribution in [0.4, 0.5) is 42.1 Å². The summed E-state index contributed by atoms with van der Waals surface area (Å²) in [6, 6.07) is 6.27. The van der Waals surface area contributed by atoms with E-state index in [-0.39, 0.29) is 17.7 Å². The van der Waals surface area contributed by atoms with E-state index in [0.29, 0.717) is 10.6 Å². The predicted molar refractivity (Wildman–Crippen MR) is 110 cm³/mol. The van der Waals surface area contributed by atoms with E-state index in [0.717, 1.165) is 11.8 Å². The van der Waals surface area contributed by atoms with Gasteiger partial charge in [0.05, 0.1) is 5.75 Å². The zero-order valence-electron chi connectivity index (χ0n) is 17.6. The van der Waals surface area contributed by atoms with Crippen LogP contribution < -0.4 is 10.6 Å². The first-order chi connectivity index (χ1) is 15.1. The molecule has 180 valence electrons. The molecule has 0 radical (unpaired) electrons. The first kappa shape index (κ1) is 26.5. The number of carbonyl (C=O) groups excluding carboxylic acids is 2. The molecule has 0 unspecified atom stereocenters. The average Bonchev–Trinajstić information content (AvgIpc) is 2.66. The van der Waals surface area contributed by atoms with Crippen LogP contribution in [0.3, 0.4) is 0 Å². The third-order valence-electron chi connectivity index (χ3n) is 3.99. The van der Waals surface area contributed by atoms with Crippen LogP contribution in [0.15, 0.2) is 29.2 Å². The molecule has 0 atom stereocenters. The first-order valence-corrected chi connectivity index (χ1v) is 10.3. The van der Waals surface area contributed by atoms with Gasteiger partial charge in [-0.2, -0.15) is 13.2 Å². The number of anilines is 2. The molecule has 2 rings (SSSR count). The molecule has 0 saturated carbocycles. The van der Waals surface area contributed by atoms with Crippen molar-refractivity contribution >= 4 is 35.0 Å². The zero-order chi connectivity index (χ0) is 25.1. The lowest BCUT2D eigenvalue weighted by Gasteiger charge is -2.17. The molecule has 0 spiro atoms. The summed E-state index contributed by atoms with van der Waals surface area (Å²) in [4.78, 5) is 24.5. The van der Waals surface area contributed by atoms with Crippen molar-refractivity contribution in [2.45, 2.75) is 38.3 Å². The van der Waals surface area contributed by atoms with Crippen LogP contribution in [-0.4, -0.2) is 17.6 Å². The van der Waals surface area contributed by atoms with Gasteiger partial charge in [-0.05, 0) is 23.6 Å². The molecule has 33 heavy (non-hydrogen) atoms. The van der Waals surface area contributed by atoms with E-state index in [1.807, 2.05) is 20.8 Å². The quantitative estimate of drug-likeness (QED) is 0.278. The summed E-state index contributed by atoms with van der Waals surface area (Å²) in [6.45, 7) is 5.66. The number of benzene rings is 2. The Hall–Kier alpha value is -2.76. The third kappa shape index (κ3) is 7.11. The van der Waals surface area contributed by atoms with Gasteiger partial charge in [0.2, 0.25) is 11.8 Å². The fourth-order valence-electron chi connectivity index (χ4n) is 2.67. The van der Waals surface area contributed by atoms with Crippen LogP contribution in [-0.2, 0) is 15.8 Å². The maximum Gasteiger partial charge on any atom is 0.422 e. The Bertz CT molecular complexity index is 1040. The zero-order valence-corrected chi connectivity index (χ0v) is 18.4. The van der Waals surface area contributed by atoms with Gasteiger partial charge >= 0.3 is 6.18 Å². The second-order valence-electron chi connectivity index (χ2n) is 8.15. The third-order valence-corrected chi connectivity index (χ3v) is 4.98. The highest BCUT2D eigenvalue weighted by molar-refractivity contribution is 8.00. The van der Waals surface area contributed by atoms with Gasteiger partial charge in [-0.15, -0.1) is 11.8 Å². The Morgan fingerprint density at radius 3 is 1.97 bits per heavy atom. The molecule has 0 fully saturated rings. The largest absolute Gasteiger partial charge is 0.422 e. The number of rotatable bonds is 6. The standard InChI is InChI=1S/C21H19F7N2O2S/c1-20(2,3)8-12(31)29-10-5-4-6-11(7-10)33-9-13(32)30-19-17(24)15(22)14(21(26,27)28)16(23)18(19)25/h4-7H,8-9H2,1-3H3,(H,29,31)(H,30,32). The van der Waals surface area contributed by atoms with Gasteiger partial charge in [0, 0.05) is 17.0 Å². The fraction of sp³-hybridized carbons (Fsp3) is 0.333. The summed E-state index contributed by atoms with van der Waals surface area (Å²) in [5.74, 6) is -11.9. The van der Waals surface area contributed by atoms with Crippen LogP contribution in [0.5, 0.6) is 0 Å². The van der Waals surface area contributed by atoms with E-state index in [9.17, 15) is 40.3 Å². The van der Waals surface area contributed by atoms with Gasteiger partial charge in [-0.3, -0.25) is 9.59 Å². The second-order valence-corrected chi connectivity index (χ2v) is 9.20. The minimum atomic E-state index is -5.68. The molecule has 2 aromatic carbocycles. The highest BCUT2D eigenvalue weighted by Crippen LogP contribution is 2.38. The van der Waals surface area contributed by atoms with Crippen molar-refractivity contribution < 1.29 is 40.3 Å². The summed E-state index contributed by atoms with van der Waals surface area (Å²) >= 11 is 0.854. The molecule has 12 heteroatoms. The number of hydrogen-bond acceptors (Lipinski definition) is 3. The lowest BCUT2D eigenvalue weighted by atomic mass is 9.92. The molecule has 0 heterocycles. The molecule has 0 saturated heterocycles. The number of nitrogens with one attached hydrogen (secondary N) is 2. The van der Waals surface area contributed by atoms with Crippen molar-refractivity contribution in [3.8, 4) is 0 Å². The molecule has 0 aliphatic rings. The molecule has 0 aliphatic heterocycles. The van der Waals surface area contributed by atoms with E-state index in [1.165, 1.54) is 6.07 Å². The van der Waals surface area contributed by atoms with E-state index in [1.54, 1.807) is 23.5 Å². The molecular formula is C21H19F7N2O2S. The van der Waals surface area contributed by atoms with Gasteiger partial charge in [-0.1, -0.05) is 26.8 Å². The molecule has 2 aromatic rings. The van der Waals surface area contributed by atoms with Crippen molar-refractivity contribution in [3.63, 3.8) is 0 Å². The lowest BCUT2D eigenvalue weighted by molar-refractivity contribution is -0.143. The SMILES string of the molecule is CC(C)(C)CC(=O)Nc1cccc(SCC(=O)Nc2c(F)c(F)c(C(F)(F)F)c(F)c2F)c1. The summed E-state index contributed by atoms with van der Waals surface area (Å²) in [7, 11) is 0. The Labute approximate surface area is 188 Å². The molecule has 2 N–H and O–H groups in total. The average molecular weight is 496 g/mol. The molecule has 4 nitrogen and oxygen atoms in total. The van der Waals surface area contributed by atoms with Crippen LogP contribution in [0.1, 0.15) is 32.8 Å². The summed E-state index contributed by atoms with van der Waals surface area (Å²) in [5.41, 5.74) is -4.20. The van der Waals surface area contributed by atoms with Crippen molar-refractivity contribution in [1.82, 2.24) is 0 Å². The van der Waals surface area contributed by atoms with Gasteiger partial charge in [0.15, 0.2) is 23.3 Å². The van der Waals surface area contributed by atoms with E-state index in [2.05, 4.69) is 5.32 Å². The van der Waals surface area contributed by atoms with Crippen molar-refractivity contribution in [2.75, 3.05) is 16.4 Å². The second kappa shape index (κ2) is 10.0. The van der Waals surface area contributed by atoms with Crippen LogP contribution in [0.25, 0.3) is 0 Å². The lowest BCUT2D eigenvalue weighted by Crippen LogP contribution is -2.21. The fourth-order valence-corrected chi connectivity index (χ4v) is 3.42. The normalized spacial score (nSPS) is 11.9. The maximum atomic E-state index is 13.9.